The maximum atomic E-state index is 15.4. The summed E-state index contributed by atoms with van der Waals surface area (Å²) in [5.41, 5.74) is -2.71. The van der Waals surface area contributed by atoms with E-state index in [0.717, 1.165) is 16.7 Å². The second-order valence-electron chi connectivity index (χ2n) is 13.7. The first-order valence-corrected chi connectivity index (χ1v) is 18.5. The van der Waals surface area contributed by atoms with Crippen LogP contribution >= 0.6 is 0 Å². The maximum absolute atomic E-state index is 15.4. The highest BCUT2D eigenvalue weighted by Crippen LogP contribution is 2.24. The number of esters is 1. The standard InChI is InChI=1S/C38H38F2N6O9S/c1-21(2)55-36(51)31(16-22-6-10-24(11-7-22)46-35(50)26-14-15-41-19-32(26)45(5)37(46)52)42-34(49)27-17-29(40)30(18-28(27)39)44-56(53,54)25-12-8-23(9-13-25)33(48)43-38(3,4)20-47/h6-15,17-19,21,31,44,47H,16,20H2,1-5H3,(H,42,49)(H,43,48)/t31-/m0/s1. The number of aliphatic hydroxyl groups excluding tert-OH is 1. The highest BCUT2D eigenvalue weighted by molar-refractivity contribution is 7.92. The Morgan fingerprint density at radius 1 is 0.946 bits per heavy atom. The molecule has 0 saturated heterocycles. The summed E-state index contributed by atoms with van der Waals surface area (Å²) in [6.45, 7) is 5.96. The Labute approximate surface area is 319 Å². The molecule has 0 aliphatic heterocycles. The highest BCUT2D eigenvalue weighted by atomic mass is 32.2. The Morgan fingerprint density at radius 2 is 1.61 bits per heavy atom. The third kappa shape index (κ3) is 8.98. The van der Waals surface area contributed by atoms with Crippen LogP contribution in [0.4, 0.5) is 14.5 Å². The molecule has 2 heterocycles. The van der Waals surface area contributed by atoms with Gasteiger partial charge in [-0.15, -0.1) is 0 Å². The third-order valence-electron chi connectivity index (χ3n) is 8.47. The Hall–Kier alpha value is -6.27. The molecule has 18 heteroatoms. The number of halogens is 2. The zero-order valence-electron chi connectivity index (χ0n) is 30.8. The van der Waals surface area contributed by atoms with E-state index in [1.54, 1.807) is 27.7 Å². The molecule has 15 nitrogen and oxygen atoms in total. The van der Waals surface area contributed by atoms with Gasteiger partial charge in [0.25, 0.3) is 27.4 Å². The first-order valence-electron chi connectivity index (χ1n) is 17.0. The van der Waals surface area contributed by atoms with Gasteiger partial charge in [0.15, 0.2) is 0 Å². The number of amides is 2. The maximum Gasteiger partial charge on any atom is 0.335 e. The monoisotopic (exact) mass is 792 g/mol. The van der Waals surface area contributed by atoms with Crippen LogP contribution in [0.2, 0.25) is 0 Å². The predicted octanol–water partition coefficient (Wildman–Crippen LogP) is 2.96. The van der Waals surface area contributed by atoms with Crippen LogP contribution in [0, 0.1) is 11.6 Å². The van der Waals surface area contributed by atoms with Crippen LogP contribution in [0.5, 0.6) is 0 Å². The summed E-state index contributed by atoms with van der Waals surface area (Å²) in [5, 5.41) is 14.6. The van der Waals surface area contributed by atoms with Gasteiger partial charge in [-0.05, 0) is 81.8 Å². The van der Waals surface area contributed by atoms with Gasteiger partial charge in [0.05, 0.1) is 57.2 Å². The molecule has 0 aliphatic carbocycles. The number of hydrogen-bond acceptors (Lipinski definition) is 10. The Kier molecular flexibility index (Phi) is 11.8. The number of anilines is 1. The minimum Gasteiger partial charge on any atom is -0.461 e. The molecule has 5 rings (SSSR count). The van der Waals surface area contributed by atoms with Crippen molar-refractivity contribution >= 4 is 44.4 Å². The van der Waals surface area contributed by atoms with Gasteiger partial charge in [-0.2, -0.15) is 0 Å². The van der Waals surface area contributed by atoms with Crippen molar-refractivity contribution in [1.29, 1.82) is 0 Å². The summed E-state index contributed by atoms with van der Waals surface area (Å²) >= 11 is 0. The SMILES string of the molecule is CC(C)OC(=O)[C@H](Cc1ccc(-n2c(=O)c3ccncc3n(C)c2=O)cc1)NC(=O)c1cc(F)c(NS(=O)(=O)c2ccc(C(=O)NC(C)(C)CO)cc2)cc1F. The molecule has 2 aromatic heterocycles. The highest BCUT2D eigenvalue weighted by Gasteiger charge is 2.28. The summed E-state index contributed by atoms with van der Waals surface area (Å²) in [7, 11) is -3.01. The number of nitrogens with one attached hydrogen (secondary N) is 3. The zero-order valence-corrected chi connectivity index (χ0v) is 31.6. The minimum atomic E-state index is -4.51. The van der Waals surface area contributed by atoms with Crippen molar-refractivity contribution in [3.05, 3.63) is 128 Å². The fourth-order valence-electron chi connectivity index (χ4n) is 5.49. The second-order valence-corrected chi connectivity index (χ2v) is 15.4. The van der Waals surface area contributed by atoms with Crippen LogP contribution in [0.25, 0.3) is 16.6 Å². The van der Waals surface area contributed by atoms with E-state index in [-0.39, 0.29) is 34.6 Å². The molecule has 0 spiro atoms. The number of carbonyl (C=O) groups is 3. The number of sulfonamides is 1. The van der Waals surface area contributed by atoms with Crippen LogP contribution in [0.15, 0.2) is 93.6 Å². The lowest BCUT2D eigenvalue weighted by Gasteiger charge is -2.23. The van der Waals surface area contributed by atoms with Gasteiger partial charge in [-0.25, -0.2) is 31.4 Å². The molecule has 0 fully saturated rings. The van der Waals surface area contributed by atoms with Crippen molar-refractivity contribution in [2.24, 2.45) is 7.05 Å². The number of aliphatic hydroxyl groups is 1. The number of ether oxygens (including phenoxy) is 1. The number of hydrogen-bond donors (Lipinski definition) is 4. The first-order chi connectivity index (χ1) is 26.3. The number of nitrogens with zero attached hydrogens (tertiary/aromatic N) is 3. The van der Waals surface area contributed by atoms with E-state index in [2.05, 4.69) is 15.6 Å². The molecule has 0 bridgehead atoms. The zero-order chi connectivity index (χ0) is 41.1. The fraction of sp³-hybridized carbons (Fsp3) is 0.263. The van der Waals surface area contributed by atoms with Gasteiger partial charge >= 0.3 is 11.7 Å². The fourth-order valence-corrected chi connectivity index (χ4v) is 6.55. The molecule has 0 aliphatic rings. The van der Waals surface area contributed by atoms with Crippen molar-refractivity contribution in [3.63, 3.8) is 0 Å². The number of aryl methyl sites for hydroxylation is 1. The summed E-state index contributed by atoms with van der Waals surface area (Å²) in [4.78, 5) is 68.7. The van der Waals surface area contributed by atoms with E-state index in [1.807, 2.05) is 4.72 Å². The number of aromatic nitrogens is 3. The van der Waals surface area contributed by atoms with E-state index in [1.165, 1.54) is 66.5 Å². The van der Waals surface area contributed by atoms with Crippen molar-refractivity contribution in [1.82, 2.24) is 24.8 Å². The summed E-state index contributed by atoms with van der Waals surface area (Å²) < 4.78 is 66.1. The van der Waals surface area contributed by atoms with Gasteiger partial charge in [0.2, 0.25) is 0 Å². The molecule has 0 unspecified atom stereocenters. The quantitative estimate of drug-likeness (QED) is 0.128. The number of pyridine rings is 1. The number of benzene rings is 3. The molecule has 294 valence electrons. The average Bonchev–Trinajstić information content (AvgIpc) is 3.15. The van der Waals surface area contributed by atoms with Gasteiger partial charge in [0, 0.05) is 31.3 Å². The van der Waals surface area contributed by atoms with E-state index in [9.17, 15) is 37.5 Å². The molecule has 4 N–H and O–H groups in total. The average molecular weight is 793 g/mol. The van der Waals surface area contributed by atoms with E-state index in [0.29, 0.717) is 23.2 Å². The molecular weight excluding hydrogens is 755 g/mol. The topological polar surface area (TPSA) is 208 Å². The number of rotatable bonds is 13. The second kappa shape index (κ2) is 16.2. The number of fused-ring (bicyclic) bond motifs is 1. The van der Waals surface area contributed by atoms with Crippen LogP contribution < -0.4 is 26.6 Å². The summed E-state index contributed by atoms with van der Waals surface area (Å²) in [6, 6.07) is 11.5. The Morgan fingerprint density at radius 3 is 2.23 bits per heavy atom. The molecule has 1 atom stereocenters. The lowest BCUT2D eigenvalue weighted by Crippen LogP contribution is -2.46. The largest absolute Gasteiger partial charge is 0.461 e. The van der Waals surface area contributed by atoms with Crippen LogP contribution in [0.3, 0.4) is 0 Å². The first kappa shape index (κ1) is 40.9. The van der Waals surface area contributed by atoms with Gasteiger partial charge in [-0.3, -0.25) is 28.7 Å². The normalized spacial score (nSPS) is 12.3. The van der Waals surface area contributed by atoms with Crippen molar-refractivity contribution < 1.29 is 41.4 Å². The van der Waals surface area contributed by atoms with Gasteiger partial charge in [0.1, 0.15) is 17.7 Å². The molecule has 5 aromatic rings. The van der Waals surface area contributed by atoms with Gasteiger partial charge in [-0.1, -0.05) is 12.1 Å². The predicted molar refractivity (Wildman–Crippen MR) is 201 cm³/mol. The molecule has 3 aromatic carbocycles. The van der Waals surface area contributed by atoms with Gasteiger partial charge < -0.3 is 20.5 Å². The van der Waals surface area contributed by atoms with Crippen molar-refractivity contribution in [3.8, 4) is 5.69 Å². The van der Waals surface area contributed by atoms with E-state index in [4.69, 9.17) is 4.74 Å². The summed E-state index contributed by atoms with van der Waals surface area (Å²) in [6.07, 6.45) is 2.03. The van der Waals surface area contributed by atoms with Crippen LogP contribution in [-0.4, -0.2) is 69.7 Å². The lowest BCUT2D eigenvalue weighted by atomic mass is 10.0. The molecular formula is C38H38F2N6O9S. The molecule has 0 radical (unpaired) electrons. The molecule has 56 heavy (non-hydrogen) atoms. The minimum absolute atomic E-state index is 0.0775. The van der Waals surface area contributed by atoms with E-state index < -0.39 is 79.6 Å². The van der Waals surface area contributed by atoms with Crippen LogP contribution in [-0.2, 0) is 33.0 Å². The van der Waals surface area contributed by atoms with Crippen LogP contribution in [0.1, 0.15) is 54.0 Å². The Balaban J connectivity index is 1.34. The third-order valence-corrected chi connectivity index (χ3v) is 9.85. The lowest BCUT2D eigenvalue weighted by molar-refractivity contribution is -0.149. The van der Waals surface area contributed by atoms with Crippen molar-refractivity contribution in [2.45, 2.75) is 56.7 Å². The molecule has 0 saturated carbocycles. The summed E-state index contributed by atoms with van der Waals surface area (Å²) in [5.74, 6) is -5.32. The smallest absolute Gasteiger partial charge is 0.335 e. The Bertz CT molecular complexity index is 2550. The van der Waals surface area contributed by atoms with E-state index >= 15 is 8.78 Å². The number of carbonyl (C=O) groups excluding carboxylic acids is 3. The molecule has 2 amide bonds. The van der Waals surface area contributed by atoms with Crippen molar-refractivity contribution in [2.75, 3.05) is 11.3 Å².